The fraction of sp³-hybridized carbons (Fsp3) is 0.857. The first-order valence-corrected chi connectivity index (χ1v) is 7.39. The van der Waals surface area contributed by atoms with Crippen LogP contribution in [0.2, 0.25) is 0 Å². The summed E-state index contributed by atoms with van der Waals surface area (Å²) in [6.07, 6.45) is 5.44. The Hall–Kier alpha value is -1.10. The van der Waals surface area contributed by atoms with E-state index in [4.69, 9.17) is 5.11 Å². The molecule has 1 aliphatic heterocycles. The maximum absolute atomic E-state index is 11.9. The Morgan fingerprint density at radius 2 is 1.84 bits per heavy atom. The van der Waals surface area contributed by atoms with Crippen LogP contribution in [0.4, 0.5) is 0 Å². The van der Waals surface area contributed by atoms with Crippen molar-refractivity contribution in [2.24, 2.45) is 11.8 Å². The molecule has 19 heavy (non-hydrogen) atoms. The Morgan fingerprint density at radius 3 is 2.47 bits per heavy atom. The number of carboxylic acid groups (broad SMARTS) is 1. The average Bonchev–Trinajstić information content (AvgIpc) is 3.05. The molecule has 0 aromatic carbocycles. The van der Waals surface area contributed by atoms with Crippen LogP contribution in [0.25, 0.3) is 0 Å². The summed E-state index contributed by atoms with van der Waals surface area (Å²) in [5.74, 6) is -1.12. The normalized spacial score (nSPS) is 27.6. The SMILES string of the molecule is O=C(O)[C@H]1CC[C@@H](C(=O)NCCCN2CCCC2)C1. The van der Waals surface area contributed by atoms with Crippen LogP contribution in [-0.4, -0.2) is 48.1 Å². The molecule has 1 amide bonds. The van der Waals surface area contributed by atoms with Gasteiger partial charge in [0.15, 0.2) is 0 Å². The van der Waals surface area contributed by atoms with Crippen LogP contribution in [0.1, 0.15) is 38.5 Å². The standard InChI is InChI=1S/C14H24N2O3/c17-13(11-4-5-12(10-11)14(18)19)15-6-3-9-16-7-1-2-8-16/h11-12H,1-10H2,(H,15,17)(H,18,19)/t11-,12+/m1/s1. The third kappa shape index (κ3) is 4.20. The first-order valence-electron chi connectivity index (χ1n) is 7.39. The Bertz CT molecular complexity index is 327. The third-order valence-electron chi connectivity index (χ3n) is 4.30. The second-order valence-corrected chi connectivity index (χ2v) is 5.74. The van der Waals surface area contributed by atoms with Crippen molar-refractivity contribution < 1.29 is 14.7 Å². The van der Waals surface area contributed by atoms with Gasteiger partial charge in [-0.3, -0.25) is 9.59 Å². The molecule has 2 aliphatic rings. The number of aliphatic carboxylic acids is 1. The van der Waals surface area contributed by atoms with Crippen LogP contribution in [0.5, 0.6) is 0 Å². The zero-order chi connectivity index (χ0) is 13.7. The minimum Gasteiger partial charge on any atom is -0.481 e. The van der Waals surface area contributed by atoms with Crippen molar-refractivity contribution in [1.82, 2.24) is 10.2 Å². The molecule has 0 unspecified atom stereocenters. The summed E-state index contributed by atoms with van der Waals surface area (Å²) < 4.78 is 0. The van der Waals surface area contributed by atoms with Gasteiger partial charge in [0.25, 0.3) is 0 Å². The molecule has 2 N–H and O–H groups in total. The second-order valence-electron chi connectivity index (χ2n) is 5.74. The van der Waals surface area contributed by atoms with Gasteiger partial charge in [-0.15, -0.1) is 0 Å². The van der Waals surface area contributed by atoms with Crippen molar-refractivity contribution in [3.63, 3.8) is 0 Å². The predicted molar refractivity (Wildman–Crippen MR) is 71.8 cm³/mol. The van der Waals surface area contributed by atoms with E-state index >= 15 is 0 Å². The van der Waals surface area contributed by atoms with Crippen LogP contribution >= 0.6 is 0 Å². The van der Waals surface area contributed by atoms with Crippen molar-refractivity contribution in [3.8, 4) is 0 Å². The lowest BCUT2D eigenvalue weighted by Gasteiger charge is -2.15. The van der Waals surface area contributed by atoms with Crippen molar-refractivity contribution in [2.45, 2.75) is 38.5 Å². The van der Waals surface area contributed by atoms with Gasteiger partial charge in [0.1, 0.15) is 0 Å². The van der Waals surface area contributed by atoms with Crippen LogP contribution in [0.3, 0.4) is 0 Å². The van der Waals surface area contributed by atoms with Gasteiger partial charge < -0.3 is 15.3 Å². The second kappa shape index (κ2) is 6.89. The predicted octanol–water partition coefficient (Wildman–Crippen LogP) is 1.09. The topological polar surface area (TPSA) is 69.6 Å². The highest BCUT2D eigenvalue weighted by molar-refractivity contribution is 5.80. The zero-order valence-electron chi connectivity index (χ0n) is 11.4. The number of nitrogens with one attached hydrogen (secondary N) is 1. The molecule has 5 heteroatoms. The fourth-order valence-corrected chi connectivity index (χ4v) is 3.11. The largest absolute Gasteiger partial charge is 0.481 e. The highest BCUT2D eigenvalue weighted by atomic mass is 16.4. The summed E-state index contributed by atoms with van der Waals surface area (Å²) in [6, 6.07) is 0. The molecule has 1 aliphatic carbocycles. The lowest BCUT2D eigenvalue weighted by atomic mass is 10.0. The summed E-state index contributed by atoms with van der Waals surface area (Å²) in [5, 5.41) is 11.9. The molecule has 108 valence electrons. The summed E-state index contributed by atoms with van der Waals surface area (Å²) >= 11 is 0. The lowest BCUT2D eigenvalue weighted by Crippen LogP contribution is -2.32. The molecular weight excluding hydrogens is 244 g/mol. The lowest BCUT2D eigenvalue weighted by molar-refractivity contribution is -0.141. The number of hydrogen-bond acceptors (Lipinski definition) is 3. The van der Waals surface area contributed by atoms with E-state index in [1.165, 1.54) is 25.9 Å². The maximum atomic E-state index is 11.9. The van der Waals surface area contributed by atoms with Crippen molar-refractivity contribution in [1.29, 1.82) is 0 Å². The Labute approximate surface area is 114 Å². The van der Waals surface area contributed by atoms with Gasteiger partial charge in [0.05, 0.1) is 5.92 Å². The van der Waals surface area contributed by atoms with Gasteiger partial charge in [-0.05, 0) is 58.2 Å². The fourth-order valence-electron chi connectivity index (χ4n) is 3.11. The summed E-state index contributed by atoms with van der Waals surface area (Å²) in [7, 11) is 0. The van der Waals surface area contributed by atoms with E-state index in [9.17, 15) is 9.59 Å². The monoisotopic (exact) mass is 268 g/mol. The van der Waals surface area contributed by atoms with E-state index < -0.39 is 5.97 Å². The van der Waals surface area contributed by atoms with E-state index in [2.05, 4.69) is 10.2 Å². The molecule has 1 saturated heterocycles. The molecular formula is C14H24N2O3. The van der Waals surface area contributed by atoms with Crippen molar-refractivity contribution >= 4 is 11.9 Å². The van der Waals surface area contributed by atoms with Gasteiger partial charge in [-0.25, -0.2) is 0 Å². The molecule has 1 heterocycles. The zero-order valence-corrected chi connectivity index (χ0v) is 11.4. The van der Waals surface area contributed by atoms with Crippen LogP contribution in [0, 0.1) is 11.8 Å². The van der Waals surface area contributed by atoms with Gasteiger partial charge in [0, 0.05) is 12.5 Å². The number of carbonyl (C=O) groups is 2. The highest BCUT2D eigenvalue weighted by Gasteiger charge is 2.33. The molecule has 2 atom stereocenters. The number of hydrogen-bond donors (Lipinski definition) is 2. The number of likely N-dealkylation sites (tertiary alicyclic amines) is 1. The van der Waals surface area contributed by atoms with E-state index in [0.29, 0.717) is 19.4 Å². The Balaban J connectivity index is 1.58. The van der Waals surface area contributed by atoms with Crippen LogP contribution in [0.15, 0.2) is 0 Å². The summed E-state index contributed by atoms with van der Waals surface area (Å²) in [4.78, 5) is 25.2. The van der Waals surface area contributed by atoms with E-state index in [1.54, 1.807) is 0 Å². The smallest absolute Gasteiger partial charge is 0.306 e. The molecule has 2 rings (SSSR count). The number of carbonyl (C=O) groups excluding carboxylic acids is 1. The van der Waals surface area contributed by atoms with Gasteiger partial charge in [-0.1, -0.05) is 0 Å². The first-order chi connectivity index (χ1) is 9.16. The molecule has 0 spiro atoms. The molecule has 5 nitrogen and oxygen atoms in total. The first kappa shape index (κ1) is 14.3. The maximum Gasteiger partial charge on any atom is 0.306 e. The Morgan fingerprint density at radius 1 is 1.16 bits per heavy atom. The van der Waals surface area contributed by atoms with Crippen LogP contribution < -0.4 is 5.32 Å². The summed E-state index contributed by atoms with van der Waals surface area (Å²) in [5.41, 5.74) is 0. The minimum atomic E-state index is -0.760. The van der Waals surface area contributed by atoms with Gasteiger partial charge in [-0.2, -0.15) is 0 Å². The Kier molecular flexibility index (Phi) is 5.19. The number of carboxylic acids is 1. The molecule has 0 radical (unpaired) electrons. The van der Waals surface area contributed by atoms with Crippen molar-refractivity contribution in [3.05, 3.63) is 0 Å². The van der Waals surface area contributed by atoms with E-state index in [-0.39, 0.29) is 17.7 Å². The third-order valence-corrected chi connectivity index (χ3v) is 4.30. The molecule has 0 aromatic heterocycles. The number of nitrogens with zero attached hydrogens (tertiary/aromatic N) is 1. The molecule has 0 bridgehead atoms. The van der Waals surface area contributed by atoms with Gasteiger partial charge in [0.2, 0.25) is 5.91 Å². The highest BCUT2D eigenvalue weighted by Crippen LogP contribution is 2.31. The van der Waals surface area contributed by atoms with Gasteiger partial charge >= 0.3 is 5.97 Å². The van der Waals surface area contributed by atoms with Crippen LogP contribution in [-0.2, 0) is 9.59 Å². The number of rotatable bonds is 6. The summed E-state index contributed by atoms with van der Waals surface area (Å²) in [6.45, 7) is 4.15. The molecule has 1 saturated carbocycles. The quantitative estimate of drug-likeness (QED) is 0.708. The van der Waals surface area contributed by atoms with E-state index in [0.717, 1.165) is 19.4 Å². The average molecular weight is 268 g/mol. The minimum absolute atomic E-state index is 0.0465. The number of amides is 1. The molecule has 2 fully saturated rings. The van der Waals surface area contributed by atoms with E-state index in [1.807, 2.05) is 0 Å². The molecule has 0 aromatic rings. The van der Waals surface area contributed by atoms with Crippen molar-refractivity contribution in [2.75, 3.05) is 26.2 Å².